The van der Waals surface area contributed by atoms with E-state index in [-0.39, 0.29) is 12.6 Å². The van der Waals surface area contributed by atoms with E-state index in [1.165, 1.54) is 0 Å². The van der Waals surface area contributed by atoms with E-state index in [1.54, 1.807) is 0 Å². The molecular formula is C12H18N2O2. The molecule has 0 aromatic heterocycles. The largest absolute Gasteiger partial charge is 0.487 e. The molecular weight excluding hydrogens is 204 g/mol. The summed E-state index contributed by atoms with van der Waals surface area (Å²) >= 11 is 0. The molecule has 4 nitrogen and oxygen atoms in total. The molecule has 1 heterocycles. The van der Waals surface area contributed by atoms with E-state index >= 15 is 0 Å². The Kier molecular flexibility index (Phi) is 3.43. The highest BCUT2D eigenvalue weighted by Gasteiger charge is 2.26. The summed E-state index contributed by atoms with van der Waals surface area (Å²) in [5.74, 6) is 0.749. The number of likely N-dealkylation sites (N-methyl/N-ethyl adjacent to an activating group) is 1. The molecule has 88 valence electrons. The summed E-state index contributed by atoms with van der Waals surface area (Å²) in [7, 11) is 2.06. The topological polar surface area (TPSA) is 58.7 Å². The van der Waals surface area contributed by atoms with Gasteiger partial charge in [-0.2, -0.15) is 0 Å². The lowest BCUT2D eigenvalue weighted by Crippen LogP contribution is -2.51. The molecule has 0 bridgehead atoms. The number of nitrogens with two attached hydrogens (primary N) is 1. The maximum Gasteiger partial charge on any atom is 0.125 e. The predicted octanol–water partition coefficient (Wildman–Crippen LogP) is 0.372. The van der Waals surface area contributed by atoms with Crippen molar-refractivity contribution in [2.75, 3.05) is 26.7 Å². The van der Waals surface area contributed by atoms with Crippen molar-refractivity contribution in [1.29, 1.82) is 0 Å². The standard InChI is InChI=1S/C12H18N2O2/c1-14-7-9(8-14)16-12-5-3-2-4-10(12)11(15)6-13/h2-5,9,11,15H,6-8,13H2,1H3. The third kappa shape index (κ3) is 2.35. The molecule has 1 aromatic rings. The van der Waals surface area contributed by atoms with Crippen LogP contribution in [0.15, 0.2) is 24.3 Å². The fourth-order valence-electron chi connectivity index (χ4n) is 1.89. The molecule has 1 atom stereocenters. The minimum absolute atomic E-state index is 0.213. The van der Waals surface area contributed by atoms with E-state index in [4.69, 9.17) is 10.5 Å². The summed E-state index contributed by atoms with van der Waals surface area (Å²) in [6.07, 6.45) is -0.412. The molecule has 1 saturated heterocycles. The van der Waals surface area contributed by atoms with E-state index in [2.05, 4.69) is 11.9 Å². The molecule has 3 N–H and O–H groups in total. The van der Waals surface area contributed by atoms with Crippen molar-refractivity contribution >= 4 is 0 Å². The van der Waals surface area contributed by atoms with Crippen LogP contribution in [0.25, 0.3) is 0 Å². The second kappa shape index (κ2) is 4.82. The normalized spacial score (nSPS) is 19.2. The molecule has 0 aliphatic carbocycles. The van der Waals surface area contributed by atoms with Gasteiger partial charge in [0.2, 0.25) is 0 Å². The van der Waals surface area contributed by atoms with Gasteiger partial charge in [-0.05, 0) is 13.1 Å². The Morgan fingerprint density at radius 3 is 2.81 bits per heavy atom. The number of benzene rings is 1. The van der Waals surface area contributed by atoms with Gasteiger partial charge in [0.25, 0.3) is 0 Å². The van der Waals surface area contributed by atoms with Crippen molar-refractivity contribution in [2.45, 2.75) is 12.2 Å². The van der Waals surface area contributed by atoms with Crippen molar-refractivity contribution in [2.24, 2.45) is 5.73 Å². The van der Waals surface area contributed by atoms with E-state index in [0.29, 0.717) is 0 Å². The first-order valence-electron chi connectivity index (χ1n) is 5.53. The molecule has 0 saturated carbocycles. The fourth-order valence-corrected chi connectivity index (χ4v) is 1.89. The molecule has 1 unspecified atom stereocenters. The second-order valence-electron chi connectivity index (χ2n) is 4.25. The summed E-state index contributed by atoms with van der Waals surface area (Å²) in [6, 6.07) is 7.53. The first-order chi connectivity index (χ1) is 7.70. The minimum Gasteiger partial charge on any atom is -0.487 e. The molecule has 4 heteroatoms. The number of aliphatic hydroxyl groups is 1. The maximum atomic E-state index is 9.75. The summed E-state index contributed by atoms with van der Waals surface area (Å²) in [6.45, 7) is 2.09. The van der Waals surface area contributed by atoms with Gasteiger partial charge >= 0.3 is 0 Å². The van der Waals surface area contributed by atoms with Crippen LogP contribution in [0, 0.1) is 0 Å². The van der Waals surface area contributed by atoms with Gasteiger partial charge in [-0.3, -0.25) is 4.90 Å². The molecule has 2 rings (SSSR count). The number of nitrogens with zero attached hydrogens (tertiary/aromatic N) is 1. The molecule has 0 radical (unpaired) electrons. The van der Waals surface area contributed by atoms with Gasteiger partial charge in [0, 0.05) is 25.2 Å². The van der Waals surface area contributed by atoms with Crippen LogP contribution in [-0.2, 0) is 0 Å². The van der Waals surface area contributed by atoms with Gasteiger partial charge < -0.3 is 15.6 Å². The van der Waals surface area contributed by atoms with Crippen molar-refractivity contribution in [3.63, 3.8) is 0 Å². The van der Waals surface area contributed by atoms with E-state index in [0.717, 1.165) is 24.4 Å². The van der Waals surface area contributed by atoms with Crippen LogP contribution < -0.4 is 10.5 Å². The third-order valence-corrected chi connectivity index (χ3v) is 2.83. The first-order valence-corrected chi connectivity index (χ1v) is 5.53. The van der Waals surface area contributed by atoms with Crippen molar-refractivity contribution < 1.29 is 9.84 Å². The molecule has 1 aliphatic rings. The fraction of sp³-hybridized carbons (Fsp3) is 0.500. The van der Waals surface area contributed by atoms with Gasteiger partial charge in [-0.15, -0.1) is 0 Å². The monoisotopic (exact) mass is 222 g/mol. The molecule has 1 fully saturated rings. The van der Waals surface area contributed by atoms with E-state index in [9.17, 15) is 5.11 Å². The molecule has 16 heavy (non-hydrogen) atoms. The third-order valence-electron chi connectivity index (χ3n) is 2.83. The summed E-state index contributed by atoms with van der Waals surface area (Å²) < 4.78 is 5.82. The van der Waals surface area contributed by atoms with E-state index in [1.807, 2.05) is 24.3 Å². The SMILES string of the molecule is CN1CC(Oc2ccccc2C(O)CN)C1. The van der Waals surface area contributed by atoms with Gasteiger partial charge in [0.1, 0.15) is 11.9 Å². The van der Waals surface area contributed by atoms with Crippen molar-refractivity contribution in [3.8, 4) is 5.75 Å². The lowest BCUT2D eigenvalue weighted by Gasteiger charge is -2.36. The highest BCUT2D eigenvalue weighted by Crippen LogP contribution is 2.26. The average molecular weight is 222 g/mol. The van der Waals surface area contributed by atoms with Gasteiger partial charge in [-0.25, -0.2) is 0 Å². The number of para-hydroxylation sites is 1. The molecule has 0 spiro atoms. The number of likely N-dealkylation sites (tertiary alicyclic amines) is 1. The number of aliphatic hydroxyl groups excluding tert-OH is 1. The van der Waals surface area contributed by atoms with Crippen molar-refractivity contribution in [1.82, 2.24) is 4.90 Å². The zero-order valence-corrected chi connectivity index (χ0v) is 9.47. The Balaban J connectivity index is 2.07. The first kappa shape index (κ1) is 11.4. The lowest BCUT2D eigenvalue weighted by molar-refractivity contribution is 0.0361. The highest BCUT2D eigenvalue weighted by atomic mass is 16.5. The van der Waals surface area contributed by atoms with Crippen LogP contribution >= 0.6 is 0 Å². The number of hydrogen-bond acceptors (Lipinski definition) is 4. The van der Waals surface area contributed by atoms with Gasteiger partial charge in [0.15, 0.2) is 0 Å². The van der Waals surface area contributed by atoms with Crippen LogP contribution in [0.3, 0.4) is 0 Å². The zero-order chi connectivity index (χ0) is 11.5. The Morgan fingerprint density at radius 2 is 2.19 bits per heavy atom. The molecule has 1 aromatic carbocycles. The second-order valence-corrected chi connectivity index (χ2v) is 4.25. The summed E-state index contributed by atoms with van der Waals surface area (Å²) in [5.41, 5.74) is 6.24. The van der Waals surface area contributed by atoms with Crippen molar-refractivity contribution in [3.05, 3.63) is 29.8 Å². The molecule has 0 amide bonds. The number of hydrogen-bond donors (Lipinski definition) is 2. The molecule has 1 aliphatic heterocycles. The minimum atomic E-state index is -0.644. The Bertz CT molecular complexity index is 351. The quantitative estimate of drug-likeness (QED) is 0.773. The van der Waals surface area contributed by atoms with Gasteiger partial charge in [-0.1, -0.05) is 18.2 Å². The summed E-state index contributed by atoms with van der Waals surface area (Å²) in [4.78, 5) is 2.19. The number of rotatable bonds is 4. The van der Waals surface area contributed by atoms with Crippen LogP contribution in [-0.4, -0.2) is 42.8 Å². The lowest BCUT2D eigenvalue weighted by atomic mass is 10.1. The van der Waals surface area contributed by atoms with Gasteiger partial charge in [0.05, 0.1) is 6.10 Å². The van der Waals surface area contributed by atoms with Crippen LogP contribution in [0.2, 0.25) is 0 Å². The predicted molar refractivity (Wildman–Crippen MR) is 62.4 cm³/mol. The van der Waals surface area contributed by atoms with E-state index < -0.39 is 6.10 Å². The summed E-state index contributed by atoms with van der Waals surface area (Å²) in [5, 5.41) is 9.75. The Morgan fingerprint density at radius 1 is 1.50 bits per heavy atom. The van der Waals surface area contributed by atoms with Crippen LogP contribution in [0.1, 0.15) is 11.7 Å². The number of ether oxygens (including phenoxy) is 1. The Hall–Kier alpha value is -1.10. The average Bonchev–Trinajstić information content (AvgIpc) is 2.27. The van der Waals surface area contributed by atoms with Crippen LogP contribution in [0.4, 0.5) is 0 Å². The smallest absolute Gasteiger partial charge is 0.125 e. The highest BCUT2D eigenvalue weighted by molar-refractivity contribution is 5.35. The zero-order valence-electron chi connectivity index (χ0n) is 9.47. The Labute approximate surface area is 95.6 Å². The van der Waals surface area contributed by atoms with Crippen LogP contribution in [0.5, 0.6) is 5.75 Å². The maximum absolute atomic E-state index is 9.75.